The first-order chi connectivity index (χ1) is 4.34. The molecule has 1 heteroatoms. The molecular formula is C8H12O. The second kappa shape index (κ2) is 2.83. The van der Waals surface area contributed by atoms with E-state index in [-0.39, 0.29) is 6.10 Å². The molecule has 0 unspecified atom stereocenters. The molecule has 1 rings (SSSR count). The number of hydrogen-bond donors (Lipinski definition) is 1. The Morgan fingerprint density at radius 2 is 2.56 bits per heavy atom. The molecule has 1 aliphatic rings. The van der Waals surface area contributed by atoms with Crippen LogP contribution in [0.25, 0.3) is 0 Å². The molecule has 0 spiro atoms. The Bertz CT molecular complexity index is 127. The van der Waals surface area contributed by atoms with Gasteiger partial charge in [0, 0.05) is 0 Å². The first-order valence-electron chi connectivity index (χ1n) is 3.30. The highest BCUT2D eigenvalue weighted by Gasteiger charge is 2.17. The monoisotopic (exact) mass is 124 g/mol. The second-order valence-electron chi connectivity index (χ2n) is 2.44. The normalized spacial score (nSPS) is 33.0. The lowest BCUT2D eigenvalue weighted by Crippen LogP contribution is -2.11. The third kappa shape index (κ3) is 1.42. The fraction of sp³-hybridized carbons (Fsp3) is 0.500. The van der Waals surface area contributed by atoms with Crippen molar-refractivity contribution in [3.63, 3.8) is 0 Å². The van der Waals surface area contributed by atoms with Gasteiger partial charge in [0.2, 0.25) is 0 Å². The van der Waals surface area contributed by atoms with Gasteiger partial charge in [0.1, 0.15) is 0 Å². The van der Waals surface area contributed by atoms with Crippen LogP contribution >= 0.6 is 0 Å². The number of allylic oxidation sites excluding steroid dienone is 2. The Balaban J connectivity index is 2.36. The van der Waals surface area contributed by atoms with Crippen LogP contribution in [-0.2, 0) is 0 Å². The zero-order chi connectivity index (χ0) is 6.69. The molecule has 9 heavy (non-hydrogen) atoms. The van der Waals surface area contributed by atoms with Crippen LogP contribution in [0.15, 0.2) is 24.8 Å². The first kappa shape index (κ1) is 6.56. The predicted octanol–water partition coefficient (Wildman–Crippen LogP) is 1.50. The molecule has 2 atom stereocenters. The standard InChI is InChI=1S/C8H12O/c1-2-4-7-5-3-6-8(7)9/h2-3,6-9H,1,4-5H2/t7-,8-/m0/s1. The summed E-state index contributed by atoms with van der Waals surface area (Å²) in [7, 11) is 0. The molecule has 0 aromatic carbocycles. The average molecular weight is 124 g/mol. The lowest BCUT2D eigenvalue weighted by Gasteiger charge is -2.09. The van der Waals surface area contributed by atoms with Gasteiger partial charge in [-0.25, -0.2) is 0 Å². The summed E-state index contributed by atoms with van der Waals surface area (Å²) in [5.74, 6) is 0.405. The summed E-state index contributed by atoms with van der Waals surface area (Å²) in [5.41, 5.74) is 0. The van der Waals surface area contributed by atoms with Gasteiger partial charge in [-0.05, 0) is 18.8 Å². The van der Waals surface area contributed by atoms with Crippen LogP contribution in [0.4, 0.5) is 0 Å². The van der Waals surface area contributed by atoms with Gasteiger partial charge in [-0.1, -0.05) is 18.2 Å². The number of aliphatic hydroxyl groups is 1. The third-order valence-electron chi connectivity index (χ3n) is 1.72. The van der Waals surface area contributed by atoms with Gasteiger partial charge < -0.3 is 5.11 Å². The van der Waals surface area contributed by atoms with Crippen molar-refractivity contribution >= 4 is 0 Å². The maximum atomic E-state index is 9.19. The number of hydrogen-bond acceptors (Lipinski definition) is 1. The minimum Gasteiger partial charge on any atom is -0.389 e. The molecule has 50 valence electrons. The highest BCUT2D eigenvalue weighted by atomic mass is 16.3. The third-order valence-corrected chi connectivity index (χ3v) is 1.72. The smallest absolute Gasteiger partial charge is 0.0754 e. The molecule has 0 heterocycles. The molecule has 0 fully saturated rings. The molecule has 0 bridgehead atoms. The highest BCUT2D eigenvalue weighted by Crippen LogP contribution is 2.21. The maximum absolute atomic E-state index is 9.19. The van der Waals surface area contributed by atoms with Crippen molar-refractivity contribution in [2.45, 2.75) is 18.9 Å². The molecule has 0 aromatic rings. The summed E-state index contributed by atoms with van der Waals surface area (Å²) >= 11 is 0. The van der Waals surface area contributed by atoms with Gasteiger partial charge in [0.05, 0.1) is 6.10 Å². The summed E-state index contributed by atoms with van der Waals surface area (Å²) < 4.78 is 0. The van der Waals surface area contributed by atoms with Crippen molar-refractivity contribution < 1.29 is 5.11 Å². The highest BCUT2D eigenvalue weighted by molar-refractivity contribution is 5.02. The summed E-state index contributed by atoms with van der Waals surface area (Å²) in [6, 6.07) is 0. The lowest BCUT2D eigenvalue weighted by molar-refractivity contribution is 0.166. The largest absolute Gasteiger partial charge is 0.389 e. The SMILES string of the molecule is C=CC[C@H]1CC=C[C@@H]1O. The zero-order valence-electron chi connectivity index (χ0n) is 5.46. The van der Waals surface area contributed by atoms with Crippen molar-refractivity contribution in [3.8, 4) is 0 Å². The van der Waals surface area contributed by atoms with Crippen molar-refractivity contribution in [1.29, 1.82) is 0 Å². The second-order valence-corrected chi connectivity index (χ2v) is 2.44. The fourth-order valence-electron chi connectivity index (χ4n) is 1.14. The molecule has 0 amide bonds. The predicted molar refractivity (Wildman–Crippen MR) is 38.1 cm³/mol. The number of aliphatic hydroxyl groups excluding tert-OH is 1. The molecular weight excluding hydrogens is 112 g/mol. The summed E-state index contributed by atoms with van der Waals surface area (Å²) in [6.07, 6.45) is 7.46. The van der Waals surface area contributed by atoms with E-state index in [1.165, 1.54) is 0 Å². The molecule has 0 saturated heterocycles. The Labute approximate surface area is 55.7 Å². The molecule has 0 radical (unpaired) electrons. The van der Waals surface area contributed by atoms with Gasteiger partial charge in [0.15, 0.2) is 0 Å². The van der Waals surface area contributed by atoms with Gasteiger partial charge in [-0.15, -0.1) is 6.58 Å². The van der Waals surface area contributed by atoms with E-state index in [2.05, 4.69) is 6.58 Å². The van der Waals surface area contributed by atoms with E-state index in [1.54, 1.807) is 0 Å². The van der Waals surface area contributed by atoms with Crippen LogP contribution in [0.1, 0.15) is 12.8 Å². The zero-order valence-corrected chi connectivity index (χ0v) is 5.46. The van der Waals surface area contributed by atoms with E-state index >= 15 is 0 Å². The minimum atomic E-state index is -0.219. The van der Waals surface area contributed by atoms with E-state index in [0.29, 0.717) is 5.92 Å². The van der Waals surface area contributed by atoms with Crippen molar-refractivity contribution in [2.24, 2.45) is 5.92 Å². The van der Waals surface area contributed by atoms with E-state index in [0.717, 1.165) is 12.8 Å². The Morgan fingerprint density at radius 3 is 3.00 bits per heavy atom. The lowest BCUT2D eigenvalue weighted by atomic mass is 10.0. The maximum Gasteiger partial charge on any atom is 0.0754 e. The van der Waals surface area contributed by atoms with Crippen molar-refractivity contribution in [2.75, 3.05) is 0 Å². The van der Waals surface area contributed by atoms with Crippen LogP contribution in [-0.4, -0.2) is 11.2 Å². The molecule has 0 aromatic heterocycles. The van der Waals surface area contributed by atoms with Crippen LogP contribution in [0, 0.1) is 5.92 Å². The Morgan fingerprint density at radius 1 is 1.78 bits per heavy atom. The van der Waals surface area contributed by atoms with Crippen LogP contribution < -0.4 is 0 Å². The fourth-order valence-corrected chi connectivity index (χ4v) is 1.14. The van der Waals surface area contributed by atoms with Crippen LogP contribution in [0.2, 0.25) is 0 Å². The first-order valence-corrected chi connectivity index (χ1v) is 3.30. The quantitative estimate of drug-likeness (QED) is 0.553. The Kier molecular flexibility index (Phi) is 2.06. The topological polar surface area (TPSA) is 20.2 Å². The van der Waals surface area contributed by atoms with Gasteiger partial charge in [-0.3, -0.25) is 0 Å². The van der Waals surface area contributed by atoms with Gasteiger partial charge >= 0.3 is 0 Å². The summed E-state index contributed by atoms with van der Waals surface area (Å²) in [4.78, 5) is 0. The summed E-state index contributed by atoms with van der Waals surface area (Å²) in [5, 5.41) is 9.19. The van der Waals surface area contributed by atoms with Crippen molar-refractivity contribution in [3.05, 3.63) is 24.8 Å². The summed E-state index contributed by atoms with van der Waals surface area (Å²) in [6.45, 7) is 3.62. The van der Waals surface area contributed by atoms with E-state index < -0.39 is 0 Å². The molecule has 1 nitrogen and oxygen atoms in total. The molecule has 1 N–H and O–H groups in total. The van der Waals surface area contributed by atoms with E-state index in [9.17, 15) is 5.11 Å². The molecule has 1 aliphatic carbocycles. The molecule has 0 saturated carbocycles. The average Bonchev–Trinajstić information content (AvgIpc) is 2.18. The molecule has 0 aliphatic heterocycles. The number of rotatable bonds is 2. The van der Waals surface area contributed by atoms with E-state index in [1.807, 2.05) is 18.2 Å². The van der Waals surface area contributed by atoms with Crippen LogP contribution in [0.3, 0.4) is 0 Å². The van der Waals surface area contributed by atoms with E-state index in [4.69, 9.17) is 0 Å². The van der Waals surface area contributed by atoms with Crippen molar-refractivity contribution in [1.82, 2.24) is 0 Å². The van der Waals surface area contributed by atoms with Gasteiger partial charge in [0.25, 0.3) is 0 Å². The van der Waals surface area contributed by atoms with Gasteiger partial charge in [-0.2, -0.15) is 0 Å². The minimum absolute atomic E-state index is 0.219. The Hall–Kier alpha value is -0.560. The van der Waals surface area contributed by atoms with Crippen LogP contribution in [0.5, 0.6) is 0 Å².